The largest absolute Gasteiger partial charge is 0.872 e. The lowest BCUT2D eigenvalue weighted by Crippen LogP contribution is -3.04. The summed E-state index contributed by atoms with van der Waals surface area (Å²) >= 11 is 0. The Bertz CT molecular complexity index is 989. The van der Waals surface area contributed by atoms with Crippen LogP contribution in [0.25, 0.3) is 22.1 Å². The number of methoxy groups -OCH3 is 1. The van der Waals surface area contributed by atoms with Gasteiger partial charge in [-0.3, -0.25) is 4.79 Å². The number of quaternary nitrogens is 1. The van der Waals surface area contributed by atoms with Crippen LogP contribution in [0.15, 0.2) is 45.6 Å². The highest BCUT2D eigenvalue weighted by Crippen LogP contribution is 2.33. The van der Waals surface area contributed by atoms with E-state index in [4.69, 9.17) is 9.15 Å². The molecule has 0 radical (unpaired) electrons. The third-order valence-corrected chi connectivity index (χ3v) is 4.20. The summed E-state index contributed by atoms with van der Waals surface area (Å²) in [7, 11) is 5.47. The molecular weight excluding hydrogens is 318 g/mol. The number of hydrogen-bond acceptors (Lipinski definition) is 4. The van der Waals surface area contributed by atoms with Gasteiger partial charge in [0.15, 0.2) is 0 Å². The molecule has 1 aromatic heterocycles. The van der Waals surface area contributed by atoms with E-state index in [9.17, 15) is 9.90 Å². The Morgan fingerprint density at radius 2 is 1.88 bits per heavy atom. The molecule has 0 saturated heterocycles. The maximum Gasteiger partial charge on any atom is 0.200 e. The van der Waals surface area contributed by atoms with Gasteiger partial charge in [0.2, 0.25) is 5.43 Å². The zero-order valence-electron chi connectivity index (χ0n) is 14.8. The van der Waals surface area contributed by atoms with Gasteiger partial charge in [-0.15, -0.1) is 0 Å². The highest BCUT2D eigenvalue weighted by molar-refractivity contribution is 5.87. The van der Waals surface area contributed by atoms with E-state index in [2.05, 4.69) is 0 Å². The van der Waals surface area contributed by atoms with Crippen LogP contribution in [0.3, 0.4) is 0 Å². The standard InChI is InChI=1S/C20H21NO4/c1-12-18(13-7-5-6-8-17(13)24-4)19(23)14-9-10-16(22)15(11-21(2)3)20(14)25-12/h5-10,22H,11H2,1-4H3. The van der Waals surface area contributed by atoms with E-state index in [0.717, 1.165) is 4.90 Å². The van der Waals surface area contributed by atoms with Gasteiger partial charge >= 0.3 is 0 Å². The van der Waals surface area contributed by atoms with E-state index in [-0.39, 0.29) is 11.2 Å². The monoisotopic (exact) mass is 339 g/mol. The van der Waals surface area contributed by atoms with Gasteiger partial charge in [-0.2, -0.15) is 0 Å². The van der Waals surface area contributed by atoms with Crippen LogP contribution in [0, 0.1) is 6.92 Å². The molecule has 0 fully saturated rings. The average Bonchev–Trinajstić information content (AvgIpc) is 2.58. The Balaban J connectivity index is 2.35. The molecule has 3 aromatic rings. The second kappa shape index (κ2) is 6.61. The van der Waals surface area contributed by atoms with Gasteiger partial charge in [0, 0.05) is 11.1 Å². The van der Waals surface area contributed by atoms with Crippen molar-refractivity contribution in [3.63, 3.8) is 0 Å². The van der Waals surface area contributed by atoms with Crippen LogP contribution in [-0.4, -0.2) is 21.2 Å². The van der Waals surface area contributed by atoms with E-state index in [0.29, 0.717) is 45.7 Å². The van der Waals surface area contributed by atoms with Gasteiger partial charge in [-0.1, -0.05) is 30.0 Å². The molecule has 0 unspecified atom stereocenters. The number of rotatable bonds is 4. The van der Waals surface area contributed by atoms with Crippen molar-refractivity contribution in [2.24, 2.45) is 0 Å². The number of fused-ring (bicyclic) bond motifs is 1. The molecule has 25 heavy (non-hydrogen) atoms. The van der Waals surface area contributed by atoms with Crippen LogP contribution in [0.1, 0.15) is 11.3 Å². The summed E-state index contributed by atoms with van der Waals surface area (Å²) in [5.41, 5.74) is 1.91. The summed E-state index contributed by atoms with van der Waals surface area (Å²) < 4.78 is 11.4. The Morgan fingerprint density at radius 1 is 1.16 bits per heavy atom. The van der Waals surface area contributed by atoms with Crippen molar-refractivity contribution in [2.45, 2.75) is 13.5 Å². The van der Waals surface area contributed by atoms with Crippen LogP contribution >= 0.6 is 0 Å². The van der Waals surface area contributed by atoms with Crippen molar-refractivity contribution in [1.82, 2.24) is 0 Å². The molecular formula is C20H21NO4. The van der Waals surface area contributed by atoms with Gasteiger partial charge < -0.3 is 19.2 Å². The number of para-hydroxylation sites is 1. The molecule has 0 amide bonds. The van der Waals surface area contributed by atoms with Crippen LogP contribution < -0.4 is 20.2 Å². The molecule has 0 aliphatic carbocycles. The highest BCUT2D eigenvalue weighted by Gasteiger charge is 2.19. The van der Waals surface area contributed by atoms with E-state index >= 15 is 0 Å². The Hall–Kier alpha value is -2.79. The van der Waals surface area contributed by atoms with Crippen LogP contribution in [0.4, 0.5) is 0 Å². The van der Waals surface area contributed by atoms with Crippen molar-refractivity contribution < 1.29 is 19.2 Å². The second-order valence-electron chi connectivity index (χ2n) is 6.37. The van der Waals surface area contributed by atoms with Gasteiger partial charge in [-0.05, 0) is 19.1 Å². The predicted molar refractivity (Wildman–Crippen MR) is 95.2 cm³/mol. The first kappa shape index (κ1) is 17.0. The smallest absolute Gasteiger partial charge is 0.200 e. The maximum absolute atomic E-state index is 13.1. The highest BCUT2D eigenvalue weighted by atomic mass is 16.5. The molecule has 0 bridgehead atoms. The number of hydrogen-bond donors (Lipinski definition) is 1. The maximum atomic E-state index is 13.1. The lowest BCUT2D eigenvalue weighted by Gasteiger charge is -2.18. The summed E-state index contributed by atoms with van der Waals surface area (Å²) in [6.07, 6.45) is 0. The molecule has 5 heteroatoms. The zero-order chi connectivity index (χ0) is 18.1. The molecule has 1 heterocycles. The number of nitrogens with one attached hydrogen (secondary N) is 1. The molecule has 2 aromatic carbocycles. The fraction of sp³-hybridized carbons (Fsp3) is 0.250. The lowest BCUT2D eigenvalue weighted by atomic mass is 10.00. The minimum absolute atomic E-state index is 0.110. The van der Waals surface area contributed by atoms with Crippen molar-refractivity contribution >= 4 is 11.0 Å². The number of ether oxygens (including phenoxy) is 1. The zero-order valence-corrected chi connectivity index (χ0v) is 14.8. The lowest BCUT2D eigenvalue weighted by molar-refractivity contribution is -0.872. The topological polar surface area (TPSA) is 66.9 Å². The van der Waals surface area contributed by atoms with Crippen LogP contribution in [0.2, 0.25) is 0 Å². The fourth-order valence-corrected chi connectivity index (χ4v) is 3.09. The van der Waals surface area contributed by atoms with Crippen LogP contribution in [0.5, 0.6) is 11.5 Å². The average molecular weight is 339 g/mol. The first-order valence-electron chi connectivity index (χ1n) is 8.12. The van der Waals surface area contributed by atoms with Gasteiger partial charge in [0.1, 0.15) is 23.6 Å². The summed E-state index contributed by atoms with van der Waals surface area (Å²) in [5, 5.41) is 12.7. The predicted octanol–water partition coefficient (Wildman–Crippen LogP) is 1.50. The van der Waals surface area contributed by atoms with Gasteiger partial charge in [-0.25, -0.2) is 0 Å². The summed E-state index contributed by atoms with van der Waals surface area (Å²) in [6.45, 7) is 2.24. The van der Waals surface area contributed by atoms with Crippen molar-refractivity contribution in [3.8, 4) is 22.6 Å². The first-order chi connectivity index (χ1) is 11.9. The van der Waals surface area contributed by atoms with Crippen molar-refractivity contribution in [3.05, 3.63) is 57.9 Å². The summed E-state index contributed by atoms with van der Waals surface area (Å²) in [4.78, 5) is 14.2. The van der Waals surface area contributed by atoms with Gasteiger partial charge in [0.05, 0.1) is 32.2 Å². The summed E-state index contributed by atoms with van der Waals surface area (Å²) in [5.74, 6) is 0.972. The van der Waals surface area contributed by atoms with E-state index in [1.165, 1.54) is 6.07 Å². The third-order valence-electron chi connectivity index (χ3n) is 4.20. The Labute approximate surface area is 146 Å². The van der Waals surface area contributed by atoms with Crippen molar-refractivity contribution in [2.75, 3.05) is 21.2 Å². The molecule has 130 valence electrons. The first-order valence-corrected chi connectivity index (χ1v) is 8.12. The van der Waals surface area contributed by atoms with Crippen LogP contribution in [-0.2, 0) is 6.54 Å². The minimum Gasteiger partial charge on any atom is -0.872 e. The molecule has 0 saturated carbocycles. The SMILES string of the molecule is COc1ccccc1-c1c(C)oc2c(C[NH+](C)C)c([O-])ccc2c1=O. The molecule has 0 atom stereocenters. The van der Waals surface area contributed by atoms with Gasteiger partial charge in [0.25, 0.3) is 0 Å². The number of benzene rings is 2. The second-order valence-corrected chi connectivity index (χ2v) is 6.37. The fourth-order valence-electron chi connectivity index (χ4n) is 3.09. The third kappa shape index (κ3) is 2.98. The Morgan fingerprint density at radius 3 is 2.56 bits per heavy atom. The molecule has 5 nitrogen and oxygen atoms in total. The molecule has 0 aliphatic heterocycles. The normalized spacial score (nSPS) is 11.2. The number of aryl methyl sites for hydroxylation is 1. The molecule has 0 aliphatic rings. The minimum atomic E-state index is -0.154. The Kier molecular flexibility index (Phi) is 4.51. The van der Waals surface area contributed by atoms with Crippen molar-refractivity contribution in [1.29, 1.82) is 0 Å². The van der Waals surface area contributed by atoms with E-state index < -0.39 is 0 Å². The summed E-state index contributed by atoms with van der Waals surface area (Å²) in [6, 6.07) is 10.3. The molecule has 3 rings (SSSR count). The molecule has 1 N–H and O–H groups in total. The quantitative estimate of drug-likeness (QED) is 0.782. The van der Waals surface area contributed by atoms with E-state index in [1.807, 2.05) is 32.3 Å². The van der Waals surface area contributed by atoms with E-state index in [1.54, 1.807) is 26.2 Å². The molecule has 0 spiro atoms.